The summed E-state index contributed by atoms with van der Waals surface area (Å²) in [6, 6.07) is 4.62. The Morgan fingerprint density at radius 2 is 1.90 bits per heavy atom. The van der Waals surface area contributed by atoms with E-state index in [1.807, 2.05) is 0 Å². The van der Waals surface area contributed by atoms with Crippen molar-refractivity contribution in [1.82, 2.24) is 4.90 Å². The molecule has 0 saturated carbocycles. The van der Waals surface area contributed by atoms with Crippen molar-refractivity contribution in [2.45, 2.75) is 33.8 Å². The number of benzene rings is 1. The first-order valence-corrected chi connectivity index (χ1v) is 19.6. The Labute approximate surface area is 177 Å². The SMILES string of the molecule is CC1OC(=O)C2=C1N(C(=O)[O-])C1=C(C(=O)COC1)C2c1ccc(F)[c]([Sn]([CH3])([CH3])[CH3])c1. The van der Waals surface area contributed by atoms with E-state index in [2.05, 4.69) is 14.8 Å². The van der Waals surface area contributed by atoms with Crippen molar-refractivity contribution in [2.75, 3.05) is 13.2 Å². The van der Waals surface area contributed by atoms with Crippen LogP contribution in [0.5, 0.6) is 0 Å². The third kappa shape index (κ3) is 3.17. The zero-order chi connectivity index (χ0) is 22.0. The van der Waals surface area contributed by atoms with Gasteiger partial charge in [-0.25, -0.2) is 0 Å². The molecule has 0 radical (unpaired) electrons. The molecule has 3 aliphatic rings. The number of hydrogen-bond donors (Lipinski definition) is 0. The van der Waals surface area contributed by atoms with Crippen molar-refractivity contribution in [2.24, 2.45) is 0 Å². The first-order valence-electron chi connectivity index (χ1n) is 9.62. The number of ketones is 1. The molecular formula is C21H21FNO6Sn-. The molecule has 0 fully saturated rings. The molecule has 2 unspecified atom stereocenters. The number of carbonyl (C=O) groups is 3. The Morgan fingerprint density at radius 3 is 2.53 bits per heavy atom. The molecule has 1 aromatic rings. The van der Waals surface area contributed by atoms with Crippen LogP contribution in [0.25, 0.3) is 0 Å². The molecule has 4 rings (SSSR count). The van der Waals surface area contributed by atoms with Gasteiger partial charge in [0.05, 0.1) is 0 Å². The van der Waals surface area contributed by atoms with Gasteiger partial charge in [0.2, 0.25) is 0 Å². The van der Waals surface area contributed by atoms with E-state index < -0.39 is 48.2 Å². The molecule has 0 aliphatic carbocycles. The number of nitrogens with zero attached hydrogens (tertiary/aromatic N) is 1. The van der Waals surface area contributed by atoms with E-state index in [4.69, 9.17) is 9.47 Å². The number of esters is 1. The van der Waals surface area contributed by atoms with Crippen molar-refractivity contribution >= 4 is 39.8 Å². The molecule has 30 heavy (non-hydrogen) atoms. The van der Waals surface area contributed by atoms with Gasteiger partial charge in [-0.3, -0.25) is 0 Å². The zero-order valence-electron chi connectivity index (χ0n) is 17.1. The number of amides is 1. The van der Waals surface area contributed by atoms with Gasteiger partial charge in [0.1, 0.15) is 0 Å². The van der Waals surface area contributed by atoms with E-state index in [0.29, 0.717) is 9.14 Å². The van der Waals surface area contributed by atoms with Crippen LogP contribution >= 0.6 is 0 Å². The average Bonchev–Trinajstić information content (AvgIpc) is 2.94. The van der Waals surface area contributed by atoms with E-state index in [1.165, 1.54) is 6.07 Å². The predicted octanol–water partition coefficient (Wildman–Crippen LogP) is 1.17. The number of carboxylic acid groups (broad SMARTS) is 1. The summed E-state index contributed by atoms with van der Waals surface area (Å²) >= 11 is -2.87. The molecule has 3 aliphatic heterocycles. The van der Waals surface area contributed by atoms with Gasteiger partial charge in [-0.1, -0.05) is 0 Å². The van der Waals surface area contributed by atoms with Crippen molar-refractivity contribution in [3.63, 3.8) is 0 Å². The fourth-order valence-corrected chi connectivity index (χ4v) is 8.36. The molecule has 0 saturated heterocycles. The number of rotatable bonds is 2. The van der Waals surface area contributed by atoms with Crippen LogP contribution in [-0.4, -0.2) is 60.4 Å². The summed E-state index contributed by atoms with van der Waals surface area (Å²) in [7, 11) is 0. The van der Waals surface area contributed by atoms with Crippen molar-refractivity contribution in [3.8, 4) is 0 Å². The molecule has 1 aromatic carbocycles. The monoisotopic (exact) mass is 522 g/mol. The van der Waals surface area contributed by atoms with Crippen molar-refractivity contribution in [3.05, 3.63) is 52.1 Å². The number of cyclic esters (lactones) is 1. The van der Waals surface area contributed by atoms with E-state index >= 15 is 0 Å². The molecule has 7 nitrogen and oxygen atoms in total. The maximum atomic E-state index is 14.6. The van der Waals surface area contributed by atoms with Crippen molar-refractivity contribution in [1.29, 1.82) is 0 Å². The molecule has 1 amide bonds. The Morgan fingerprint density at radius 1 is 1.20 bits per heavy atom. The van der Waals surface area contributed by atoms with Crippen LogP contribution in [0, 0.1) is 5.82 Å². The quantitative estimate of drug-likeness (QED) is 0.429. The van der Waals surface area contributed by atoms with Crippen LogP contribution in [0.1, 0.15) is 18.4 Å². The minimum atomic E-state index is -2.87. The fourth-order valence-electron chi connectivity index (χ4n) is 4.37. The Hall–Kier alpha value is -2.20. The van der Waals surface area contributed by atoms with Gasteiger partial charge < -0.3 is 0 Å². The third-order valence-electron chi connectivity index (χ3n) is 5.65. The number of halogens is 1. The topological polar surface area (TPSA) is 96.0 Å². The second kappa shape index (κ2) is 7.19. The Balaban J connectivity index is 2.01. The first kappa shape index (κ1) is 21.0. The Bertz CT molecular complexity index is 1050. The molecule has 2 atom stereocenters. The summed E-state index contributed by atoms with van der Waals surface area (Å²) in [5.41, 5.74) is 1.08. The molecule has 3 heterocycles. The van der Waals surface area contributed by atoms with Crippen LogP contribution in [0.3, 0.4) is 0 Å². The first-order chi connectivity index (χ1) is 14.0. The standard InChI is InChI=1S/C18H13FNO6.3CH3.Sn/c1-8-16-15(17(22)26-8)13(9-2-4-10(19)5-3-9)14-11(20(16)18(23)24)6-25-7-12(14)21;;;;/h2-4,8,13H,6-7H2,1H3,(H,23,24);3*1H3;/p-1. The average molecular weight is 521 g/mol. The number of hydrogen-bond acceptors (Lipinski definition) is 6. The normalized spacial score (nSPS) is 24.1. The van der Waals surface area contributed by atoms with Crippen LogP contribution in [-0.2, 0) is 19.1 Å². The van der Waals surface area contributed by atoms with Gasteiger partial charge in [-0.05, 0) is 0 Å². The van der Waals surface area contributed by atoms with Crippen LogP contribution < -0.4 is 8.69 Å². The molecule has 0 N–H and O–H groups in total. The Kier molecular flexibility index (Phi) is 5.05. The molecule has 9 heteroatoms. The summed E-state index contributed by atoms with van der Waals surface area (Å²) in [4.78, 5) is 44.6. The van der Waals surface area contributed by atoms with E-state index in [0.717, 1.165) is 4.90 Å². The van der Waals surface area contributed by atoms with Gasteiger partial charge >= 0.3 is 177 Å². The summed E-state index contributed by atoms with van der Waals surface area (Å²) in [6.45, 7) is 1.22. The van der Waals surface area contributed by atoms with Gasteiger partial charge in [0.25, 0.3) is 0 Å². The molecule has 0 spiro atoms. The summed E-state index contributed by atoms with van der Waals surface area (Å²) in [5, 5.41) is 12.0. The maximum absolute atomic E-state index is 14.6. The van der Waals surface area contributed by atoms with Gasteiger partial charge in [0.15, 0.2) is 0 Å². The third-order valence-corrected chi connectivity index (χ3v) is 11.4. The van der Waals surface area contributed by atoms with Gasteiger partial charge in [-0.2, -0.15) is 0 Å². The fraction of sp³-hybridized carbons (Fsp3) is 0.381. The summed E-state index contributed by atoms with van der Waals surface area (Å²) in [5.74, 6) is -2.26. The van der Waals surface area contributed by atoms with E-state index in [9.17, 15) is 23.9 Å². The molecule has 0 aromatic heterocycles. The summed E-state index contributed by atoms with van der Waals surface area (Å²) < 4.78 is 25.8. The van der Waals surface area contributed by atoms with Crippen LogP contribution in [0.4, 0.5) is 9.18 Å². The molecular weight excluding hydrogens is 500 g/mol. The summed E-state index contributed by atoms with van der Waals surface area (Å²) in [6.07, 6.45) is -2.40. The van der Waals surface area contributed by atoms with Gasteiger partial charge in [-0.15, -0.1) is 0 Å². The zero-order valence-corrected chi connectivity index (χ0v) is 19.9. The molecule has 158 valence electrons. The number of carbonyl (C=O) groups excluding carboxylic acids is 3. The second-order valence-electron chi connectivity index (χ2n) is 8.65. The van der Waals surface area contributed by atoms with Crippen molar-refractivity contribution < 1.29 is 33.4 Å². The number of Topliss-reactive ketones (excluding diaryl/α,β-unsaturated/α-hetero) is 1. The van der Waals surface area contributed by atoms with E-state index in [-0.39, 0.29) is 41.6 Å². The number of ether oxygens (including phenoxy) is 2. The predicted molar refractivity (Wildman–Crippen MR) is 105 cm³/mol. The molecule has 0 bridgehead atoms. The van der Waals surface area contributed by atoms with Crippen LogP contribution in [0.15, 0.2) is 40.7 Å². The van der Waals surface area contributed by atoms with E-state index in [1.54, 1.807) is 19.1 Å². The van der Waals surface area contributed by atoms with Crippen LogP contribution in [0.2, 0.25) is 14.8 Å². The second-order valence-corrected chi connectivity index (χ2v) is 23.0. The van der Waals surface area contributed by atoms with Gasteiger partial charge in [0, 0.05) is 0 Å². The minimum absolute atomic E-state index is 0.0855.